The van der Waals surface area contributed by atoms with Gasteiger partial charge in [0.15, 0.2) is 0 Å². The van der Waals surface area contributed by atoms with Crippen LogP contribution in [0.3, 0.4) is 0 Å². The fourth-order valence-corrected chi connectivity index (χ4v) is 13.7. The summed E-state index contributed by atoms with van der Waals surface area (Å²) in [6, 6.07) is 74.7. The van der Waals surface area contributed by atoms with Gasteiger partial charge in [-0.3, -0.25) is 0 Å². The van der Waals surface area contributed by atoms with E-state index in [0.29, 0.717) is 0 Å². The molecule has 2 nitrogen and oxygen atoms in total. The van der Waals surface area contributed by atoms with Gasteiger partial charge in [-0.25, -0.2) is 0 Å². The molecular formula is C50H46BrN2P. The first-order valence-corrected chi connectivity index (χ1v) is 21.2. The molecular weight excluding hydrogens is 739 g/mol. The van der Waals surface area contributed by atoms with Crippen molar-refractivity contribution in [3.05, 3.63) is 211 Å². The molecule has 268 valence electrons. The minimum absolute atomic E-state index is 0. The zero-order chi connectivity index (χ0) is 35.5. The predicted octanol–water partition coefficient (Wildman–Crippen LogP) is 11.4. The Balaban J connectivity index is 0.00000413. The van der Waals surface area contributed by atoms with E-state index >= 15 is 0 Å². The third-order valence-corrected chi connectivity index (χ3v) is 16.4. The average molecular weight is 786 g/mol. The van der Waals surface area contributed by atoms with Crippen LogP contribution >= 0.6 is 24.2 Å². The standard InChI is InChI=1S/C50H45N2P.BrH/c1-4-21-45(22-5-1)53(46-23-6-2-7-24-46,47-25-8-3-9-26-47)34-16-29-50-51(37-39-30-32-41-17-10-12-19-43(41)35-39)48-27-14-15-28-49(48)52(50)38-40-31-33-42-18-11-13-20-44(42)36-40;/h1-15,17-28,30-33,35-36,50,53H,16,29,34,37-38H2;1H. The van der Waals surface area contributed by atoms with Crippen LogP contribution in [0.4, 0.5) is 11.4 Å². The summed E-state index contributed by atoms with van der Waals surface area (Å²) < 4.78 is 0. The molecule has 0 radical (unpaired) electrons. The molecule has 1 aliphatic heterocycles. The molecule has 0 atom stereocenters. The number of hydrogen-bond donors (Lipinski definition) is 0. The average Bonchev–Trinajstić information content (AvgIpc) is 3.51. The fourth-order valence-electron chi connectivity index (χ4n) is 8.85. The molecule has 54 heavy (non-hydrogen) atoms. The molecule has 4 heteroatoms. The van der Waals surface area contributed by atoms with Crippen molar-refractivity contribution in [3.8, 4) is 0 Å². The second-order valence-electron chi connectivity index (χ2n) is 14.5. The molecule has 0 spiro atoms. The van der Waals surface area contributed by atoms with E-state index in [1.165, 1.54) is 60.0 Å². The molecule has 0 bridgehead atoms. The fraction of sp³-hybridized carbons (Fsp3) is 0.120. The topological polar surface area (TPSA) is 6.48 Å². The van der Waals surface area contributed by atoms with Gasteiger partial charge in [0.2, 0.25) is 0 Å². The van der Waals surface area contributed by atoms with Crippen molar-refractivity contribution in [1.82, 2.24) is 0 Å². The van der Waals surface area contributed by atoms with Crippen LogP contribution in [0.5, 0.6) is 0 Å². The second kappa shape index (κ2) is 16.0. The van der Waals surface area contributed by atoms with Crippen LogP contribution in [0.25, 0.3) is 21.5 Å². The molecule has 1 heterocycles. The minimum atomic E-state index is -2.37. The van der Waals surface area contributed by atoms with Gasteiger partial charge in [-0.1, -0.05) is 0 Å². The van der Waals surface area contributed by atoms with Crippen molar-refractivity contribution in [2.45, 2.75) is 32.1 Å². The van der Waals surface area contributed by atoms with Crippen molar-refractivity contribution in [1.29, 1.82) is 0 Å². The monoisotopic (exact) mass is 784 g/mol. The van der Waals surface area contributed by atoms with Gasteiger partial charge < -0.3 is 0 Å². The van der Waals surface area contributed by atoms with Crippen molar-refractivity contribution >= 4 is 73.1 Å². The molecule has 0 amide bonds. The quantitative estimate of drug-likeness (QED) is 0.121. The van der Waals surface area contributed by atoms with E-state index < -0.39 is 7.26 Å². The summed E-state index contributed by atoms with van der Waals surface area (Å²) in [7, 11) is -2.37. The third-order valence-electron chi connectivity index (χ3n) is 11.4. The van der Waals surface area contributed by atoms with E-state index in [1.807, 2.05) is 0 Å². The first-order valence-electron chi connectivity index (χ1n) is 19.0. The van der Waals surface area contributed by atoms with Gasteiger partial charge in [-0.2, -0.15) is 0 Å². The Morgan fingerprint density at radius 3 is 1.19 bits per heavy atom. The summed E-state index contributed by atoms with van der Waals surface area (Å²) in [4.78, 5) is 5.38. The van der Waals surface area contributed by atoms with Crippen LogP contribution in [0.2, 0.25) is 0 Å². The van der Waals surface area contributed by atoms with Crippen LogP contribution in [-0.2, 0) is 13.1 Å². The molecule has 0 aliphatic carbocycles. The summed E-state index contributed by atoms with van der Waals surface area (Å²) in [5.74, 6) is 0. The van der Waals surface area contributed by atoms with E-state index in [0.717, 1.165) is 32.1 Å². The maximum absolute atomic E-state index is 2.69. The van der Waals surface area contributed by atoms with Crippen molar-refractivity contribution < 1.29 is 0 Å². The van der Waals surface area contributed by atoms with Gasteiger partial charge >= 0.3 is 315 Å². The van der Waals surface area contributed by atoms with Crippen LogP contribution in [-0.4, -0.2) is 12.3 Å². The van der Waals surface area contributed by atoms with Crippen molar-refractivity contribution in [3.63, 3.8) is 0 Å². The second-order valence-corrected chi connectivity index (χ2v) is 18.5. The predicted molar refractivity (Wildman–Crippen MR) is 241 cm³/mol. The molecule has 8 aromatic carbocycles. The van der Waals surface area contributed by atoms with Gasteiger partial charge in [-0.05, 0) is 0 Å². The first-order chi connectivity index (χ1) is 26.3. The van der Waals surface area contributed by atoms with E-state index in [-0.39, 0.29) is 23.1 Å². The number of fused-ring (bicyclic) bond motifs is 3. The SMILES string of the molecule is Br.c1ccc([PH](CCCC2N(Cc3ccc4ccccc4c3)c3ccccc3N2Cc2ccc3ccccc3c2)(c2ccccc2)c2ccccc2)cc1. The Bertz CT molecular complexity index is 2260. The normalized spacial score (nSPS) is 13.2. The van der Waals surface area contributed by atoms with E-state index in [4.69, 9.17) is 0 Å². The Kier molecular flexibility index (Phi) is 10.6. The van der Waals surface area contributed by atoms with Crippen LogP contribution in [0, 0.1) is 0 Å². The number of para-hydroxylation sites is 2. The number of rotatable bonds is 11. The van der Waals surface area contributed by atoms with E-state index in [9.17, 15) is 0 Å². The molecule has 9 rings (SSSR count). The molecule has 8 aromatic rings. The summed E-state index contributed by atoms with van der Waals surface area (Å²) in [5.41, 5.74) is 5.34. The van der Waals surface area contributed by atoms with E-state index in [1.54, 1.807) is 0 Å². The number of hydrogen-bond acceptors (Lipinski definition) is 2. The maximum atomic E-state index is 2.69. The number of halogens is 1. The van der Waals surface area contributed by atoms with Gasteiger partial charge in [0, 0.05) is 0 Å². The van der Waals surface area contributed by atoms with Crippen molar-refractivity contribution in [2.75, 3.05) is 16.0 Å². The molecule has 0 saturated heterocycles. The third kappa shape index (κ3) is 6.95. The molecule has 0 unspecified atom stereocenters. The molecule has 1 aliphatic rings. The number of nitrogens with zero attached hydrogens (tertiary/aromatic N) is 2. The summed E-state index contributed by atoms with van der Waals surface area (Å²) in [5, 5.41) is 9.61. The number of benzene rings is 8. The van der Waals surface area contributed by atoms with Crippen molar-refractivity contribution in [2.24, 2.45) is 0 Å². The molecule has 0 aromatic heterocycles. The number of anilines is 2. The van der Waals surface area contributed by atoms with Crippen LogP contribution in [0.1, 0.15) is 24.0 Å². The Labute approximate surface area is 330 Å². The Hall–Kier alpha value is -5.21. The molecule has 0 fully saturated rings. The summed E-state index contributed by atoms with van der Waals surface area (Å²) >= 11 is 0. The summed E-state index contributed by atoms with van der Waals surface area (Å²) in [6.07, 6.45) is 3.49. The first kappa shape index (κ1) is 35.8. The van der Waals surface area contributed by atoms with Crippen LogP contribution < -0.4 is 25.7 Å². The Morgan fingerprint density at radius 2 is 0.759 bits per heavy atom. The van der Waals surface area contributed by atoms with Gasteiger partial charge in [-0.15, -0.1) is 17.0 Å². The van der Waals surface area contributed by atoms with E-state index in [2.05, 4.69) is 210 Å². The zero-order valence-corrected chi connectivity index (χ0v) is 33.2. The molecule has 0 saturated carbocycles. The van der Waals surface area contributed by atoms with Gasteiger partial charge in [0.25, 0.3) is 0 Å². The van der Waals surface area contributed by atoms with Gasteiger partial charge in [0.1, 0.15) is 0 Å². The summed E-state index contributed by atoms with van der Waals surface area (Å²) in [6.45, 7) is 1.72. The van der Waals surface area contributed by atoms with Crippen LogP contribution in [0.15, 0.2) is 200 Å². The van der Waals surface area contributed by atoms with Gasteiger partial charge in [0.05, 0.1) is 0 Å². The Morgan fingerprint density at radius 1 is 0.389 bits per heavy atom. The zero-order valence-electron chi connectivity index (χ0n) is 30.5. The molecule has 0 N–H and O–H groups in total.